The zero-order valence-corrected chi connectivity index (χ0v) is 17.5. The minimum absolute atomic E-state index is 0.0965. The number of ether oxygens (including phenoxy) is 3. The zero-order chi connectivity index (χ0) is 21.9. The number of anilines is 1. The number of hydrazone groups is 1. The molecule has 0 unspecified atom stereocenters. The lowest BCUT2D eigenvalue weighted by Gasteiger charge is -2.11. The van der Waals surface area contributed by atoms with Crippen LogP contribution in [0.15, 0.2) is 77.9 Å². The van der Waals surface area contributed by atoms with E-state index in [1.165, 1.54) is 0 Å². The molecular formula is C24H25N3O4. The summed E-state index contributed by atoms with van der Waals surface area (Å²) in [5, 5.41) is 7.02. The van der Waals surface area contributed by atoms with Crippen LogP contribution in [0, 0.1) is 0 Å². The van der Waals surface area contributed by atoms with Crippen molar-refractivity contribution in [1.82, 2.24) is 5.43 Å². The van der Waals surface area contributed by atoms with Crippen LogP contribution in [-0.2, 0) is 11.4 Å². The van der Waals surface area contributed by atoms with Gasteiger partial charge < -0.3 is 19.5 Å². The van der Waals surface area contributed by atoms with Crippen molar-refractivity contribution in [2.45, 2.75) is 6.61 Å². The van der Waals surface area contributed by atoms with Crippen LogP contribution in [0.5, 0.6) is 17.2 Å². The number of amides is 1. The van der Waals surface area contributed by atoms with Crippen molar-refractivity contribution in [2.75, 3.05) is 26.1 Å². The second kappa shape index (κ2) is 11.3. The Morgan fingerprint density at radius 1 is 0.935 bits per heavy atom. The van der Waals surface area contributed by atoms with Gasteiger partial charge in [0.25, 0.3) is 5.91 Å². The van der Waals surface area contributed by atoms with Crippen LogP contribution in [0.4, 0.5) is 5.69 Å². The summed E-state index contributed by atoms with van der Waals surface area (Å²) in [6.07, 6.45) is 1.55. The number of hydrogen-bond donors (Lipinski definition) is 2. The minimum atomic E-state index is -0.262. The molecule has 0 bridgehead atoms. The maximum Gasteiger partial charge on any atom is 0.259 e. The lowest BCUT2D eigenvalue weighted by Crippen LogP contribution is -2.25. The number of rotatable bonds is 10. The smallest absolute Gasteiger partial charge is 0.259 e. The van der Waals surface area contributed by atoms with Gasteiger partial charge in [0.1, 0.15) is 12.4 Å². The molecule has 0 saturated heterocycles. The van der Waals surface area contributed by atoms with E-state index in [-0.39, 0.29) is 12.5 Å². The number of benzene rings is 3. The summed E-state index contributed by atoms with van der Waals surface area (Å²) in [7, 11) is 3.19. The van der Waals surface area contributed by atoms with Gasteiger partial charge >= 0.3 is 0 Å². The summed E-state index contributed by atoms with van der Waals surface area (Å²) in [6.45, 7) is 0.543. The molecule has 0 aromatic heterocycles. The molecule has 160 valence electrons. The highest BCUT2D eigenvalue weighted by atomic mass is 16.5. The molecule has 0 spiro atoms. The van der Waals surface area contributed by atoms with Crippen LogP contribution in [0.2, 0.25) is 0 Å². The average molecular weight is 419 g/mol. The van der Waals surface area contributed by atoms with Crippen molar-refractivity contribution in [2.24, 2.45) is 5.10 Å². The Balaban J connectivity index is 1.49. The van der Waals surface area contributed by atoms with Crippen molar-refractivity contribution in [3.63, 3.8) is 0 Å². The van der Waals surface area contributed by atoms with Gasteiger partial charge in [-0.25, -0.2) is 5.43 Å². The number of hydrogen-bond acceptors (Lipinski definition) is 6. The fourth-order valence-corrected chi connectivity index (χ4v) is 2.73. The van der Waals surface area contributed by atoms with Crippen LogP contribution in [0.1, 0.15) is 11.1 Å². The first-order valence-corrected chi connectivity index (χ1v) is 9.72. The van der Waals surface area contributed by atoms with E-state index in [1.807, 2.05) is 66.7 Å². The van der Waals surface area contributed by atoms with Gasteiger partial charge in [0.05, 0.1) is 27.0 Å². The van der Waals surface area contributed by atoms with Crippen molar-refractivity contribution < 1.29 is 19.0 Å². The topological polar surface area (TPSA) is 81.2 Å². The van der Waals surface area contributed by atoms with E-state index in [0.717, 1.165) is 22.6 Å². The molecule has 31 heavy (non-hydrogen) atoms. The van der Waals surface area contributed by atoms with Gasteiger partial charge in [-0.3, -0.25) is 4.79 Å². The van der Waals surface area contributed by atoms with Gasteiger partial charge in [-0.05, 0) is 53.6 Å². The molecule has 0 aliphatic carbocycles. The molecule has 7 heteroatoms. The maximum atomic E-state index is 12.0. The zero-order valence-electron chi connectivity index (χ0n) is 17.5. The van der Waals surface area contributed by atoms with Gasteiger partial charge in [-0.1, -0.05) is 30.3 Å². The minimum Gasteiger partial charge on any atom is -0.497 e. The van der Waals surface area contributed by atoms with Crippen LogP contribution in [-0.4, -0.2) is 32.9 Å². The first kappa shape index (κ1) is 21.7. The maximum absolute atomic E-state index is 12.0. The highest BCUT2D eigenvalue weighted by Gasteiger charge is 2.06. The van der Waals surface area contributed by atoms with Crippen molar-refractivity contribution >= 4 is 17.8 Å². The summed E-state index contributed by atoms with van der Waals surface area (Å²) < 4.78 is 16.4. The summed E-state index contributed by atoms with van der Waals surface area (Å²) in [4.78, 5) is 12.0. The summed E-state index contributed by atoms with van der Waals surface area (Å²) >= 11 is 0. The summed E-state index contributed by atoms with van der Waals surface area (Å²) in [5.41, 5.74) is 5.15. The first-order chi connectivity index (χ1) is 15.2. The molecule has 0 radical (unpaired) electrons. The quantitative estimate of drug-likeness (QED) is 0.385. The Labute approximate surface area is 181 Å². The van der Waals surface area contributed by atoms with Crippen molar-refractivity contribution in [3.05, 3.63) is 83.9 Å². The molecule has 2 N–H and O–H groups in total. The van der Waals surface area contributed by atoms with Gasteiger partial charge in [0, 0.05) is 5.69 Å². The van der Waals surface area contributed by atoms with E-state index in [4.69, 9.17) is 14.2 Å². The molecule has 0 heterocycles. The molecule has 0 aliphatic rings. The second-order valence-electron chi connectivity index (χ2n) is 6.56. The van der Waals surface area contributed by atoms with E-state index in [9.17, 15) is 4.79 Å². The molecule has 0 aliphatic heterocycles. The van der Waals surface area contributed by atoms with Gasteiger partial charge in [0.15, 0.2) is 11.5 Å². The Kier molecular flexibility index (Phi) is 7.88. The van der Waals surface area contributed by atoms with E-state index in [2.05, 4.69) is 15.8 Å². The standard InChI is InChI=1S/C24H25N3O4/c1-29-21-11-9-20(10-12-21)25-16-24(28)27-26-15-19-8-13-22(23(14-19)30-2)31-17-18-6-4-3-5-7-18/h3-15,25H,16-17H2,1-2H3,(H,27,28)/b26-15-. The predicted molar refractivity (Wildman–Crippen MR) is 121 cm³/mol. The molecular weight excluding hydrogens is 394 g/mol. The fourth-order valence-electron chi connectivity index (χ4n) is 2.73. The lowest BCUT2D eigenvalue weighted by molar-refractivity contribution is -0.119. The molecule has 0 fully saturated rings. The van der Waals surface area contributed by atoms with Gasteiger partial charge in [-0.2, -0.15) is 5.10 Å². The molecule has 3 aromatic carbocycles. The Bertz CT molecular complexity index is 1010. The van der Waals surface area contributed by atoms with Crippen LogP contribution < -0.4 is 25.0 Å². The fraction of sp³-hybridized carbons (Fsp3) is 0.167. The van der Waals surface area contributed by atoms with E-state index in [0.29, 0.717) is 18.1 Å². The van der Waals surface area contributed by atoms with E-state index < -0.39 is 0 Å². The van der Waals surface area contributed by atoms with Crippen LogP contribution in [0.3, 0.4) is 0 Å². The molecule has 7 nitrogen and oxygen atoms in total. The Morgan fingerprint density at radius 3 is 2.42 bits per heavy atom. The number of carbonyl (C=O) groups excluding carboxylic acids is 1. The summed E-state index contributed by atoms with van der Waals surface area (Å²) in [6, 6.07) is 22.7. The normalized spacial score (nSPS) is 10.5. The van der Waals surface area contributed by atoms with Crippen molar-refractivity contribution in [1.29, 1.82) is 0 Å². The molecule has 1 amide bonds. The predicted octanol–water partition coefficient (Wildman–Crippen LogP) is 3.85. The molecule has 0 atom stereocenters. The highest BCUT2D eigenvalue weighted by molar-refractivity contribution is 5.84. The Morgan fingerprint density at radius 2 is 1.71 bits per heavy atom. The van der Waals surface area contributed by atoms with E-state index >= 15 is 0 Å². The molecule has 3 aromatic rings. The van der Waals surface area contributed by atoms with Gasteiger partial charge in [-0.15, -0.1) is 0 Å². The number of nitrogens with zero attached hydrogens (tertiary/aromatic N) is 1. The third-order valence-electron chi connectivity index (χ3n) is 4.37. The third-order valence-corrected chi connectivity index (χ3v) is 4.37. The number of methoxy groups -OCH3 is 2. The monoisotopic (exact) mass is 419 g/mol. The Hall–Kier alpha value is -4.00. The van der Waals surface area contributed by atoms with Gasteiger partial charge in [0.2, 0.25) is 0 Å². The first-order valence-electron chi connectivity index (χ1n) is 9.72. The van der Waals surface area contributed by atoms with Crippen LogP contribution in [0.25, 0.3) is 0 Å². The highest BCUT2D eigenvalue weighted by Crippen LogP contribution is 2.28. The van der Waals surface area contributed by atoms with Crippen LogP contribution >= 0.6 is 0 Å². The number of nitrogens with one attached hydrogen (secondary N) is 2. The second-order valence-corrected chi connectivity index (χ2v) is 6.56. The molecule has 3 rings (SSSR count). The van der Waals surface area contributed by atoms with E-state index in [1.54, 1.807) is 26.5 Å². The average Bonchev–Trinajstić information content (AvgIpc) is 2.82. The third kappa shape index (κ3) is 6.78. The SMILES string of the molecule is COc1ccc(NCC(=O)N/N=C\c2ccc(OCc3ccccc3)c(OC)c2)cc1. The summed E-state index contributed by atoms with van der Waals surface area (Å²) in [5.74, 6) is 1.72. The largest absolute Gasteiger partial charge is 0.497 e. The lowest BCUT2D eigenvalue weighted by atomic mass is 10.2. The van der Waals surface area contributed by atoms with Crippen molar-refractivity contribution in [3.8, 4) is 17.2 Å². The number of carbonyl (C=O) groups is 1. The molecule has 0 saturated carbocycles.